The van der Waals surface area contributed by atoms with Gasteiger partial charge in [0.2, 0.25) is 5.91 Å². The van der Waals surface area contributed by atoms with Gasteiger partial charge in [-0.1, -0.05) is 50.1 Å². The quantitative estimate of drug-likeness (QED) is 0.901. The van der Waals surface area contributed by atoms with Crippen LogP contribution in [0.2, 0.25) is 0 Å². The van der Waals surface area contributed by atoms with Crippen molar-refractivity contribution in [2.45, 2.75) is 52.2 Å². The summed E-state index contributed by atoms with van der Waals surface area (Å²) < 4.78 is 0. The van der Waals surface area contributed by atoms with Crippen LogP contribution in [-0.4, -0.2) is 23.4 Å². The summed E-state index contributed by atoms with van der Waals surface area (Å²) in [7, 11) is 0. The molecule has 114 valence electrons. The van der Waals surface area contributed by atoms with Gasteiger partial charge in [0.25, 0.3) is 0 Å². The zero-order chi connectivity index (χ0) is 15.0. The number of nitrogens with zero attached hydrogens (tertiary/aromatic N) is 1. The summed E-state index contributed by atoms with van der Waals surface area (Å²) in [5.74, 6) is 1.77. The number of benzene rings is 1. The highest BCUT2D eigenvalue weighted by Crippen LogP contribution is 2.40. The smallest absolute Gasteiger partial charge is 0.241 e. The molecule has 1 N–H and O–H groups in total. The lowest BCUT2D eigenvalue weighted by atomic mass is 10.1. The average Bonchev–Trinajstić information content (AvgIpc) is 3.08. The molecule has 1 amide bonds. The first-order valence-electron chi connectivity index (χ1n) is 8.23. The van der Waals surface area contributed by atoms with Crippen molar-refractivity contribution in [1.82, 2.24) is 10.2 Å². The van der Waals surface area contributed by atoms with Crippen LogP contribution in [0, 0.1) is 18.8 Å². The summed E-state index contributed by atoms with van der Waals surface area (Å²) in [6, 6.07) is 8.56. The van der Waals surface area contributed by atoms with Crippen molar-refractivity contribution in [2.75, 3.05) is 6.54 Å². The molecule has 21 heavy (non-hydrogen) atoms. The molecule has 1 aromatic carbocycles. The van der Waals surface area contributed by atoms with Gasteiger partial charge in [0.15, 0.2) is 0 Å². The highest BCUT2D eigenvalue weighted by atomic mass is 16.2. The lowest BCUT2D eigenvalue weighted by molar-refractivity contribution is -0.130. The van der Waals surface area contributed by atoms with Crippen LogP contribution in [0.25, 0.3) is 0 Å². The fourth-order valence-corrected chi connectivity index (χ4v) is 3.30. The number of aryl methyl sites for hydroxylation is 1. The number of carbonyl (C=O) groups excluding carboxylic acids is 1. The summed E-state index contributed by atoms with van der Waals surface area (Å²) in [5, 5.41) is 3.55. The van der Waals surface area contributed by atoms with E-state index in [2.05, 4.69) is 55.3 Å². The zero-order valence-corrected chi connectivity index (χ0v) is 13.3. The van der Waals surface area contributed by atoms with Gasteiger partial charge in [0.05, 0.1) is 6.04 Å². The van der Waals surface area contributed by atoms with Gasteiger partial charge in [0.1, 0.15) is 6.17 Å². The molecule has 1 aliphatic carbocycles. The molecular weight excluding hydrogens is 260 g/mol. The molecule has 3 nitrogen and oxygen atoms in total. The van der Waals surface area contributed by atoms with Crippen LogP contribution in [0.15, 0.2) is 24.3 Å². The molecule has 1 saturated heterocycles. The van der Waals surface area contributed by atoms with Crippen molar-refractivity contribution >= 4 is 5.91 Å². The van der Waals surface area contributed by atoms with Gasteiger partial charge in [0, 0.05) is 6.54 Å². The van der Waals surface area contributed by atoms with E-state index >= 15 is 0 Å². The predicted octanol–water partition coefficient (Wildman–Crippen LogP) is 3.25. The Hall–Kier alpha value is -1.35. The Balaban J connectivity index is 1.80. The van der Waals surface area contributed by atoms with Crippen molar-refractivity contribution in [1.29, 1.82) is 0 Å². The Kier molecular flexibility index (Phi) is 4.03. The van der Waals surface area contributed by atoms with Crippen LogP contribution in [0.1, 0.15) is 50.4 Å². The molecular formula is C18H26N2O. The largest absolute Gasteiger partial charge is 0.321 e. The molecule has 1 heterocycles. The van der Waals surface area contributed by atoms with Crippen LogP contribution in [-0.2, 0) is 4.79 Å². The van der Waals surface area contributed by atoms with Gasteiger partial charge >= 0.3 is 0 Å². The van der Waals surface area contributed by atoms with E-state index in [1.165, 1.54) is 17.5 Å². The second-order valence-electron chi connectivity index (χ2n) is 6.78. The molecule has 0 bridgehead atoms. The van der Waals surface area contributed by atoms with Gasteiger partial charge in [-0.15, -0.1) is 0 Å². The number of hydrogen-bond acceptors (Lipinski definition) is 2. The molecule has 4 atom stereocenters. The standard InChI is InChI=1S/C18H26N2O/c1-4-5-16-18(21)20(11-15-10-13(15)3)17(19-16)14-8-6-12(2)7-9-14/h6-9,13,15-17,19H,4-5,10-11H2,1-3H3. The Bertz CT molecular complexity index is 510. The number of rotatable bonds is 5. The second-order valence-corrected chi connectivity index (χ2v) is 6.78. The Morgan fingerprint density at radius 1 is 1.29 bits per heavy atom. The topological polar surface area (TPSA) is 32.3 Å². The SMILES string of the molecule is CCCC1NC(c2ccc(C)cc2)N(CC2CC2C)C1=O. The van der Waals surface area contributed by atoms with Gasteiger partial charge in [-0.05, 0) is 37.2 Å². The number of nitrogens with one attached hydrogen (secondary N) is 1. The van der Waals surface area contributed by atoms with E-state index in [-0.39, 0.29) is 12.2 Å². The van der Waals surface area contributed by atoms with E-state index in [4.69, 9.17) is 0 Å². The monoisotopic (exact) mass is 286 g/mol. The molecule has 4 unspecified atom stereocenters. The molecule has 1 aliphatic heterocycles. The molecule has 2 aliphatic rings. The minimum absolute atomic E-state index is 0.00430. The third-order valence-corrected chi connectivity index (χ3v) is 4.93. The maximum atomic E-state index is 12.7. The Morgan fingerprint density at radius 3 is 2.52 bits per heavy atom. The lowest BCUT2D eigenvalue weighted by Gasteiger charge is -2.24. The summed E-state index contributed by atoms with van der Waals surface area (Å²) in [6.07, 6.45) is 3.29. The second kappa shape index (κ2) is 5.80. The maximum Gasteiger partial charge on any atom is 0.241 e. The summed E-state index contributed by atoms with van der Waals surface area (Å²) in [6.45, 7) is 7.43. The number of carbonyl (C=O) groups is 1. The normalized spacial score (nSPS) is 31.8. The summed E-state index contributed by atoms with van der Waals surface area (Å²) in [4.78, 5) is 14.8. The van der Waals surface area contributed by atoms with E-state index < -0.39 is 0 Å². The van der Waals surface area contributed by atoms with Gasteiger partial charge in [-0.2, -0.15) is 0 Å². The van der Waals surface area contributed by atoms with Crippen molar-refractivity contribution in [3.63, 3.8) is 0 Å². The minimum atomic E-state index is -0.00430. The lowest BCUT2D eigenvalue weighted by Crippen LogP contribution is -2.33. The van der Waals surface area contributed by atoms with Gasteiger partial charge in [-0.3, -0.25) is 10.1 Å². The van der Waals surface area contributed by atoms with Crippen molar-refractivity contribution in [2.24, 2.45) is 11.8 Å². The highest BCUT2D eigenvalue weighted by molar-refractivity contribution is 5.84. The predicted molar refractivity (Wildman–Crippen MR) is 84.7 cm³/mol. The van der Waals surface area contributed by atoms with E-state index in [1.807, 2.05) is 0 Å². The average molecular weight is 286 g/mol. The van der Waals surface area contributed by atoms with Crippen molar-refractivity contribution in [3.05, 3.63) is 35.4 Å². The van der Waals surface area contributed by atoms with Crippen molar-refractivity contribution < 1.29 is 4.79 Å². The van der Waals surface area contributed by atoms with Crippen LogP contribution in [0.3, 0.4) is 0 Å². The van der Waals surface area contributed by atoms with E-state index in [0.717, 1.165) is 25.3 Å². The molecule has 1 saturated carbocycles. The molecule has 3 rings (SSSR count). The Labute approximate surface area is 127 Å². The fraction of sp³-hybridized carbons (Fsp3) is 0.611. The molecule has 3 heteroatoms. The van der Waals surface area contributed by atoms with Crippen molar-refractivity contribution in [3.8, 4) is 0 Å². The van der Waals surface area contributed by atoms with E-state index in [9.17, 15) is 4.79 Å². The third-order valence-electron chi connectivity index (χ3n) is 4.93. The first kappa shape index (κ1) is 14.6. The van der Waals surface area contributed by atoms with Gasteiger partial charge < -0.3 is 4.90 Å². The van der Waals surface area contributed by atoms with Crippen LogP contribution >= 0.6 is 0 Å². The molecule has 0 radical (unpaired) electrons. The maximum absolute atomic E-state index is 12.7. The molecule has 1 aromatic rings. The fourth-order valence-electron chi connectivity index (χ4n) is 3.30. The molecule has 2 fully saturated rings. The van der Waals surface area contributed by atoms with Crippen LogP contribution < -0.4 is 5.32 Å². The number of amides is 1. The molecule has 0 aromatic heterocycles. The first-order valence-corrected chi connectivity index (χ1v) is 8.23. The Morgan fingerprint density at radius 2 is 1.95 bits per heavy atom. The minimum Gasteiger partial charge on any atom is -0.321 e. The highest BCUT2D eigenvalue weighted by Gasteiger charge is 2.43. The van der Waals surface area contributed by atoms with Crippen LogP contribution in [0.4, 0.5) is 0 Å². The van der Waals surface area contributed by atoms with Crippen LogP contribution in [0.5, 0.6) is 0 Å². The summed E-state index contributed by atoms with van der Waals surface area (Å²) >= 11 is 0. The van der Waals surface area contributed by atoms with Gasteiger partial charge in [-0.25, -0.2) is 0 Å². The zero-order valence-electron chi connectivity index (χ0n) is 13.3. The molecule has 0 spiro atoms. The summed E-state index contributed by atoms with van der Waals surface area (Å²) in [5.41, 5.74) is 2.47. The first-order chi connectivity index (χ1) is 10.1. The third kappa shape index (κ3) is 2.98. The van der Waals surface area contributed by atoms with E-state index in [0.29, 0.717) is 11.8 Å². The van der Waals surface area contributed by atoms with E-state index in [1.54, 1.807) is 0 Å². The number of hydrogen-bond donors (Lipinski definition) is 1.